The molecule has 1 saturated carbocycles. The predicted octanol–water partition coefficient (Wildman–Crippen LogP) is 2.34. The first-order valence-corrected chi connectivity index (χ1v) is 10.4. The van der Waals surface area contributed by atoms with Crippen molar-refractivity contribution in [3.63, 3.8) is 0 Å². The Hall–Kier alpha value is -1.36. The van der Waals surface area contributed by atoms with Gasteiger partial charge in [-0.25, -0.2) is 8.42 Å². The summed E-state index contributed by atoms with van der Waals surface area (Å²) in [7, 11) is -3.02. The van der Waals surface area contributed by atoms with E-state index in [4.69, 9.17) is 0 Å². The van der Waals surface area contributed by atoms with E-state index in [-0.39, 0.29) is 29.4 Å². The van der Waals surface area contributed by atoms with Crippen LogP contribution in [0.4, 0.5) is 0 Å². The van der Waals surface area contributed by atoms with Crippen molar-refractivity contribution in [1.29, 1.82) is 0 Å². The van der Waals surface area contributed by atoms with Gasteiger partial charge in [-0.2, -0.15) is 0 Å². The van der Waals surface area contributed by atoms with Gasteiger partial charge in [0.2, 0.25) is 5.91 Å². The first kappa shape index (κ1) is 16.5. The smallest absolute Gasteiger partial charge is 0.224 e. The zero-order valence-corrected chi connectivity index (χ0v) is 14.2. The van der Waals surface area contributed by atoms with Crippen LogP contribution in [-0.4, -0.2) is 31.9 Å². The Labute approximate surface area is 138 Å². The van der Waals surface area contributed by atoms with Crippen molar-refractivity contribution in [3.8, 4) is 0 Å². The Morgan fingerprint density at radius 2 is 1.83 bits per heavy atom. The number of hydrogen-bond donors (Lipinski definition) is 1. The van der Waals surface area contributed by atoms with Gasteiger partial charge in [0.25, 0.3) is 0 Å². The second-order valence-electron chi connectivity index (χ2n) is 6.95. The van der Waals surface area contributed by atoms with Gasteiger partial charge in [-0.15, -0.1) is 0 Å². The minimum Gasteiger partial charge on any atom is -0.352 e. The number of rotatable bonds is 5. The van der Waals surface area contributed by atoms with E-state index in [0.29, 0.717) is 12.3 Å². The van der Waals surface area contributed by atoms with Crippen LogP contribution in [0.25, 0.3) is 0 Å². The molecule has 2 fully saturated rings. The molecule has 3 rings (SSSR count). The van der Waals surface area contributed by atoms with Crippen molar-refractivity contribution in [1.82, 2.24) is 5.32 Å². The second kappa shape index (κ2) is 7.04. The van der Waals surface area contributed by atoms with E-state index in [2.05, 4.69) is 17.4 Å². The summed E-state index contributed by atoms with van der Waals surface area (Å²) in [6.07, 6.45) is 6.06. The van der Waals surface area contributed by atoms with E-state index in [9.17, 15) is 13.2 Å². The number of amides is 1. The lowest BCUT2D eigenvalue weighted by Gasteiger charge is -2.26. The minimum atomic E-state index is -3.02. The van der Waals surface area contributed by atoms with E-state index >= 15 is 0 Å². The summed E-state index contributed by atoms with van der Waals surface area (Å²) in [5.41, 5.74) is 1.23. The minimum absolute atomic E-state index is 0.0154. The summed E-state index contributed by atoms with van der Waals surface area (Å²) in [5, 5.41) is 3.18. The van der Waals surface area contributed by atoms with Crippen LogP contribution in [0.1, 0.15) is 37.7 Å². The van der Waals surface area contributed by atoms with Gasteiger partial charge in [-0.05, 0) is 37.2 Å². The highest BCUT2D eigenvalue weighted by molar-refractivity contribution is 7.91. The molecule has 0 spiro atoms. The van der Waals surface area contributed by atoms with Crippen molar-refractivity contribution < 1.29 is 13.2 Å². The molecule has 1 amide bonds. The molecule has 1 aliphatic heterocycles. The molecule has 23 heavy (non-hydrogen) atoms. The van der Waals surface area contributed by atoms with Gasteiger partial charge in [-0.3, -0.25) is 4.79 Å². The largest absolute Gasteiger partial charge is 0.352 e. The van der Waals surface area contributed by atoms with Gasteiger partial charge in [0, 0.05) is 6.04 Å². The van der Waals surface area contributed by atoms with Crippen LogP contribution >= 0.6 is 0 Å². The Balaban J connectivity index is 1.67. The quantitative estimate of drug-likeness (QED) is 0.898. The normalized spacial score (nSPS) is 25.3. The van der Waals surface area contributed by atoms with Crippen LogP contribution in [0.15, 0.2) is 30.3 Å². The summed E-state index contributed by atoms with van der Waals surface area (Å²) in [4.78, 5) is 12.5. The highest BCUT2D eigenvalue weighted by atomic mass is 32.2. The SMILES string of the molecule is O=C(N[C@@H](Cc1ccccc1)C1CCCC1)[C@H]1CCS(=O)(=O)C1. The molecule has 126 valence electrons. The maximum absolute atomic E-state index is 12.5. The van der Waals surface area contributed by atoms with Gasteiger partial charge in [-0.1, -0.05) is 43.2 Å². The molecule has 5 heteroatoms. The van der Waals surface area contributed by atoms with Crippen LogP contribution in [0.3, 0.4) is 0 Å². The number of sulfone groups is 1. The third kappa shape index (κ3) is 4.34. The average Bonchev–Trinajstić information content (AvgIpc) is 3.17. The van der Waals surface area contributed by atoms with E-state index in [1.165, 1.54) is 18.4 Å². The van der Waals surface area contributed by atoms with Crippen LogP contribution < -0.4 is 5.32 Å². The first-order chi connectivity index (χ1) is 11.0. The number of carbonyl (C=O) groups excluding carboxylic acids is 1. The summed E-state index contributed by atoms with van der Waals surface area (Å²) in [5.74, 6) is 0.245. The molecule has 0 aromatic heterocycles. The zero-order valence-electron chi connectivity index (χ0n) is 13.4. The molecule has 1 heterocycles. The van der Waals surface area contributed by atoms with Gasteiger partial charge in [0.1, 0.15) is 0 Å². The lowest BCUT2D eigenvalue weighted by atomic mass is 9.91. The number of carbonyl (C=O) groups is 1. The zero-order chi connectivity index (χ0) is 16.3. The molecule has 1 aliphatic carbocycles. The summed E-state index contributed by atoms with van der Waals surface area (Å²) < 4.78 is 23.2. The van der Waals surface area contributed by atoms with Crippen molar-refractivity contribution in [2.75, 3.05) is 11.5 Å². The molecular weight excluding hydrogens is 310 g/mol. The molecule has 0 bridgehead atoms. The molecule has 1 aromatic rings. The van der Waals surface area contributed by atoms with E-state index in [0.717, 1.165) is 19.3 Å². The van der Waals surface area contributed by atoms with Crippen molar-refractivity contribution in [3.05, 3.63) is 35.9 Å². The Bertz CT molecular complexity index is 635. The van der Waals surface area contributed by atoms with Crippen LogP contribution in [0.5, 0.6) is 0 Å². The Kier molecular flexibility index (Phi) is 5.05. The van der Waals surface area contributed by atoms with Crippen molar-refractivity contribution in [2.24, 2.45) is 11.8 Å². The second-order valence-corrected chi connectivity index (χ2v) is 9.18. The third-order valence-corrected chi connectivity index (χ3v) is 6.97. The molecule has 4 nitrogen and oxygen atoms in total. The fourth-order valence-electron chi connectivity index (χ4n) is 3.87. The van der Waals surface area contributed by atoms with Crippen LogP contribution in [0, 0.1) is 11.8 Å². The van der Waals surface area contributed by atoms with Gasteiger partial charge >= 0.3 is 0 Å². The number of nitrogens with one attached hydrogen (secondary N) is 1. The van der Waals surface area contributed by atoms with Crippen LogP contribution in [0.2, 0.25) is 0 Å². The van der Waals surface area contributed by atoms with E-state index in [1.54, 1.807) is 0 Å². The maximum Gasteiger partial charge on any atom is 0.224 e. The van der Waals surface area contributed by atoms with E-state index in [1.807, 2.05) is 18.2 Å². The summed E-state index contributed by atoms with van der Waals surface area (Å²) >= 11 is 0. The van der Waals surface area contributed by atoms with Crippen molar-refractivity contribution in [2.45, 2.75) is 44.6 Å². The number of hydrogen-bond acceptors (Lipinski definition) is 3. The third-order valence-electron chi connectivity index (χ3n) is 5.20. The topological polar surface area (TPSA) is 63.2 Å². The van der Waals surface area contributed by atoms with Crippen molar-refractivity contribution >= 4 is 15.7 Å². The Morgan fingerprint density at radius 3 is 2.43 bits per heavy atom. The van der Waals surface area contributed by atoms with Gasteiger partial charge in [0.05, 0.1) is 17.4 Å². The lowest BCUT2D eigenvalue weighted by Crippen LogP contribution is -2.44. The highest BCUT2D eigenvalue weighted by Crippen LogP contribution is 2.30. The molecule has 1 N–H and O–H groups in total. The molecule has 2 atom stereocenters. The molecular formula is C18H25NO3S. The molecule has 2 aliphatic rings. The predicted molar refractivity (Wildman–Crippen MR) is 90.8 cm³/mol. The fourth-order valence-corrected chi connectivity index (χ4v) is 5.61. The molecule has 1 aromatic carbocycles. The summed E-state index contributed by atoms with van der Waals surface area (Å²) in [6.45, 7) is 0. The summed E-state index contributed by atoms with van der Waals surface area (Å²) in [6, 6.07) is 10.3. The highest BCUT2D eigenvalue weighted by Gasteiger charge is 2.35. The Morgan fingerprint density at radius 1 is 1.13 bits per heavy atom. The molecule has 0 unspecified atom stereocenters. The number of benzene rings is 1. The first-order valence-electron chi connectivity index (χ1n) is 8.58. The lowest BCUT2D eigenvalue weighted by molar-refractivity contribution is -0.125. The van der Waals surface area contributed by atoms with Crippen LogP contribution in [-0.2, 0) is 21.1 Å². The average molecular weight is 335 g/mol. The van der Waals surface area contributed by atoms with Gasteiger partial charge in [0.15, 0.2) is 9.84 Å². The fraction of sp³-hybridized carbons (Fsp3) is 0.611. The van der Waals surface area contributed by atoms with Gasteiger partial charge < -0.3 is 5.32 Å². The van der Waals surface area contributed by atoms with E-state index < -0.39 is 9.84 Å². The standard InChI is InChI=1S/C18H25NO3S/c20-18(16-10-11-23(21,22)13-16)19-17(15-8-4-5-9-15)12-14-6-2-1-3-7-14/h1-3,6-7,15-17H,4-5,8-13H2,(H,19,20)/t16-,17-/m0/s1. The molecule has 1 saturated heterocycles. The monoisotopic (exact) mass is 335 g/mol. The maximum atomic E-state index is 12.5. The molecule has 0 radical (unpaired) electrons.